The van der Waals surface area contributed by atoms with Gasteiger partial charge in [0, 0.05) is 0 Å². The van der Waals surface area contributed by atoms with Crippen LogP contribution < -0.4 is 0 Å². The topological polar surface area (TPSA) is 87.0 Å². The maximum Gasteiger partial charge on any atom is 0.312 e. The van der Waals surface area contributed by atoms with Crippen LogP contribution in [0.2, 0.25) is 0 Å². The Bertz CT molecular complexity index is 602. The summed E-state index contributed by atoms with van der Waals surface area (Å²) in [6.07, 6.45) is 7.85. The minimum absolute atomic E-state index is 0.0789. The fraction of sp³-hybridized carbons (Fsp3) is 0.750. The van der Waals surface area contributed by atoms with Gasteiger partial charge < -0.3 is 20.1 Å². The molecule has 0 unspecified atom stereocenters. The Labute approximate surface area is 149 Å². The van der Waals surface area contributed by atoms with E-state index in [-0.39, 0.29) is 23.9 Å². The number of aliphatic hydroxyl groups excluding tert-OH is 1. The van der Waals surface area contributed by atoms with Crippen molar-refractivity contribution >= 4 is 5.97 Å². The minimum atomic E-state index is -1.12. The fourth-order valence-electron chi connectivity index (χ4n) is 4.90. The number of ether oxygens (including phenoxy) is 1. The summed E-state index contributed by atoms with van der Waals surface area (Å²) < 4.78 is 5.39. The Morgan fingerprint density at radius 2 is 2.00 bits per heavy atom. The van der Waals surface area contributed by atoms with E-state index in [2.05, 4.69) is 0 Å². The average Bonchev–Trinajstić information content (AvgIpc) is 2.59. The highest BCUT2D eigenvalue weighted by Crippen LogP contribution is 2.55. The molecule has 0 spiro atoms. The molecule has 3 fully saturated rings. The lowest BCUT2D eigenvalue weighted by Gasteiger charge is -2.48. The van der Waals surface area contributed by atoms with Crippen LogP contribution in [0.5, 0.6) is 0 Å². The first-order valence-corrected chi connectivity index (χ1v) is 9.22. The summed E-state index contributed by atoms with van der Waals surface area (Å²) in [6, 6.07) is 0. The van der Waals surface area contributed by atoms with Gasteiger partial charge in [0.15, 0.2) is 0 Å². The van der Waals surface area contributed by atoms with Gasteiger partial charge in [-0.05, 0) is 62.9 Å². The zero-order valence-corrected chi connectivity index (χ0v) is 15.4. The second kappa shape index (κ2) is 6.22. The van der Waals surface area contributed by atoms with Crippen LogP contribution in [0.4, 0.5) is 0 Å². The first-order chi connectivity index (χ1) is 11.5. The van der Waals surface area contributed by atoms with Crippen LogP contribution in [0.3, 0.4) is 0 Å². The highest BCUT2D eigenvalue weighted by Gasteiger charge is 2.58. The number of cyclic esters (lactones) is 1. The van der Waals surface area contributed by atoms with Gasteiger partial charge in [-0.3, -0.25) is 4.79 Å². The van der Waals surface area contributed by atoms with Gasteiger partial charge in [-0.2, -0.15) is 0 Å². The SMILES string of the molecule is CC(C)(O)/C=C/C=C1/COC(=O)[C@@H]2[C@@H]1CC[C@@]1(C)C[C@]2(O)CC[C@@H]1O. The lowest BCUT2D eigenvalue weighted by Crippen LogP contribution is -2.54. The molecule has 0 amide bonds. The quantitative estimate of drug-likeness (QED) is 0.664. The third-order valence-corrected chi connectivity index (χ3v) is 6.30. The van der Waals surface area contributed by atoms with Crippen LogP contribution in [0.15, 0.2) is 23.8 Å². The number of fused-ring (bicyclic) bond motifs is 4. The van der Waals surface area contributed by atoms with Crippen molar-refractivity contribution in [1.29, 1.82) is 0 Å². The van der Waals surface area contributed by atoms with E-state index in [1.807, 2.05) is 13.0 Å². The van der Waals surface area contributed by atoms with Gasteiger partial charge in [0.25, 0.3) is 0 Å². The highest BCUT2D eigenvalue weighted by molar-refractivity contribution is 5.76. The summed E-state index contributed by atoms with van der Waals surface area (Å²) >= 11 is 0. The molecular weight excluding hydrogens is 320 g/mol. The van der Waals surface area contributed by atoms with E-state index >= 15 is 0 Å². The van der Waals surface area contributed by atoms with E-state index < -0.39 is 23.2 Å². The van der Waals surface area contributed by atoms with E-state index in [0.29, 0.717) is 19.3 Å². The van der Waals surface area contributed by atoms with Gasteiger partial charge in [-0.1, -0.05) is 25.2 Å². The van der Waals surface area contributed by atoms with Crippen molar-refractivity contribution in [3.05, 3.63) is 23.8 Å². The molecule has 0 aromatic rings. The highest BCUT2D eigenvalue weighted by atomic mass is 16.5. The molecule has 25 heavy (non-hydrogen) atoms. The number of aliphatic hydroxyl groups is 3. The zero-order chi connectivity index (χ0) is 18.5. The molecule has 3 aliphatic rings. The lowest BCUT2D eigenvalue weighted by molar-refractivity contribution is -0.176. The molecule has 1 aliphatic heterocycles. The van der Waals surface area contributed by atoms with E-state index in [9.17, 15) is 20.1 Å². The van der Waals surface area contributed by atoms with E-state index in [1.54, 1.807) is 26.0 Å². The van der Waals surface area contributed by atoms with Crippen molar-refractivity contribution in [2.45, 2.75) is 70.2 Å². The second-order valence-corrected chi connectivity index (χ2v) is 8.97. The Balaban J connectivity index is 1.94. The molecule has 2 aliphatic carbocycles. The third kappa shape index (κ3) is 3.55. The van der Waals surface area contributed by atoms with E-state index in [1.165, 1.54) is 0 Å². The van der Waals surface area contributed by atoms with Crippen LogP contribution in [-0.4, -0.2) is 45.2 Å². The molecule has 2 bridgehead atoms. The lowest BCUT2D eigenvalue weighted by atomic mass is 9.62. The third-order valence-electron chi connectivity index (χ3n) is 6.30. The molecular formula is C20H30O5. The summed E-state index contributed by atoms with van der Waals surface area (Å²) in [5, 5.41) is 31.6. The summed E-state index contributed by atoms with van der Waals surface area (Å²) in [7, 11) is 0. The van der Waals surface area contributed by atoms with E-state index in [4.69, 9.17) is 4.74 Å². The normalized spacial score (nSPS) is 43.7. The molecule has 1 heterocycles. The summed E-state index contributed by atoms with van der Waals surface area (Å²) in [4.78, 5) is 12.5. The predicted octanol–water partition coefficient (Wildman–Crippen LogP) is 2.11. The second-order valence-electron chi connectivity index (χ2n) is 8.97. The first-order valence-electron chi connectivity index (χ1n) is 9.22. The van der Waals surface area contributed by atoms with Crippen molar-refractivity contribution in [2.24, 2.45) is 17.3 Å². The predicted molar refractivity (Wildman–Crippen MR) is 93.6 cm³/mol. The van der Waals surface area contributed by atoms with Crippen molar-refractivity contribution in [3.63, 3.8) is 0 Å². The van der Waals surface area contributed by atoms with Crippen molar-refractivity contribution in [1.82, 2.24) is 0 Å². The van der Waals surface area contributed by atoms with Crippen molar-refractivity contribution < 1.29 is 24.9 Å². The zero-order valence-electron chi connectivity index (χ0n) is 15.4. The summed E-state index contributed by atoms with van der Waals surface area (Å²) in [5.74, 6) is -0.973. The molecule has 0 aromatic heterocycles. The fourth-order valence-corrected chi connectivity index (χ4v) is 4.90. The Morgan fingerprint density at radius 1 is 1.28 bits per heavy atom. The molecule has 3 N–H and O–H groups in total. The van der Waals surface area contributed by atoms with Gasteiger partial charge in [0.2, 0.25) is 0 Å². The number of hydrogen-bond acceptors (Lipinski definition) is 5. The van der Waals surface area contributed by atoms with Gasteiger partial charge in [-0.25, -0.2) is 0 Å². The number of esters is 1. The van der Waals surface area contributed by atoms with Crippen LogP contribution in [0.25, 0.3) is 0 Å². The first kappa shape index (κ1) is 18.6. The maximum atomic E-state index is 12.5. The monoisotopic (exact) mass is 350 g/mol. The van der Waals surface area contributed by atoms with Crippen LogP contribution in [0.1, 0.15) is 52.9 Å². The Hall–Kier alpha value is -1.17. The number of rotatable bonds is 2. The van der Waals surface area contributed by atoms with Gasteiger partial charge >= 0.3 is 5.97 Å². The largest absolute Gasteiger partial charge is 0.461 e. The van der Waals surface area contributed by atoms with Crippen molar-refractivity contribution in [3.8, 4) is 0 Å². The Kier molecular flexibility index (Phi) is 4.63. The Morgan fingerprint density at radius 3 is 2.68 bits per heavy atom. The maximum absolute atomic E-state index is 12.5. The molecule has 140 valence electrons. The molecule has 2 saturated carbocycles. The number of carbonyl (C=O) groups is 1. The minimum Gasteiger partial charge on any atom is -0.461 e. The van der Waals surface area contributed by atoms with Crippen LogP contribution in [-0.2, 0) is 9.53 Å². The van der Waals surface area contributed by atoms with Gasteiger partial charge in [0.1, 0.15) is 6.61 Å². The number of carbonyl (C=O) groups excluding carboxylic acids is 1. The molecule has 5 nitrogen and oxygen atoms in total. The summed E-state index contributed by atoms with van der Waals surface area (Å²) in [6.45, 7) is 5.64. The van der Waals surface area contributed by atoms with Crippen molar-refractivity contribution in [2.75, 3.05) is 6.61 Å². The van der Waals surface area contributed by atoms with Gasteiger partial charge in [0.05, 0.1) is 23.2 Å². The van der Waals surface area contributed by atoms with Gasteiger partial charge in [-0.15, -0.1) is 0 Å². The number of hydrogen-bond donors (Lipinski definition) is 3. The van der Waals surface area contributed by atoms with E-state index in [0.717, 1.165) is 18.4 Å². The smallest absolute Gasteiger partial charge is 0.312 e. The molecule has 5 heteroatoms. The molecule has 5 atom stereocenters. The average molecular weight is 350 g/mol. The standard InChI is InChI=1S/C20H30O5/c1-18(2,23)8-4-5-13-11-25-17(22)16-14(13)6-9-19(3)12-20(16,24)10-7-15(19)21/h4-5,8,14-16,21,23-24H,6-7,9-12H2,1-3H3/b8-4+,13-5-/t14-,15+,16+,19+,20-/m1/s1. The molecule has 3 rings (SSSR count). The molecule has 0 radical (unpaired) electrons. The van der Waals surface area contributed by atoms with Crippen LogP contribution >= 0.6 is 0 Å². The van der Waals surface area contributed by atoms with Crippen LogP contribution in [0, 0.1) is 17.3 Å². The number of allylic oxidation sites excluding steroid dienone is 2. The molecule has 0 aromatic carbocycles. The molecule has 1 saturated heterocycles. The summed E-state index contributed by atoms with van der Waals surface area (Å²) in [5.41, 5.74) is -1.41.